The van der Waals surface area contributed by atoms with E-state index in [0.29, 0.717) is 54.4 Å². The van der Waals surface area contributed by atoms with Crippen LogP contribution in [0.5, 0.6) is 0 Å². The fourth-order valence-electron chi connectivity index (χ4n) is 3.17. The van der Waals surface area contributed by atoms with Gasteiger partial charge in [0.25, 0.3) is 5.91 Å². The Morgan fingerprint density at radius 2 is 1.88 bits per heavy atom. The summed E-state index contributed by atoms with van der Waals surface area (Å²) in [5.41, 5.74) is 2.50. The number of nitrogens with one attached hydrogen (secondary N) is 1. The first-order chi connectivity index (χ1) is 12.6. The number of aromatic amines is 1. The average Bonchev–Trinajstić information content (AvgIpc) is 3.12. The van der Waals surface area contributed by atoms with Gasteiger partial charge in [0.1, 0.15) is 16.9 Å². The van der Waals surface area contributed by atoms with Gasteiger partial charge in [-0.25, -0.2) is 4.39 Å². The highest BCUT2D eigenvalue weighted by molar-refractivity contribution is 6.31. The molecule has 0 radical (unpaired) electrons. The van der Waals surface area contributed by atoms with Crippen LogP contribution in [0.25, 0.3) is 11.0 Å². The number of rotatable bonds is 3. The molecule has 8 heteroatoms. The molecule has 2 aromatic carbocycles. The van der Waals surface area contributed by atoms with E-state index < -0.39 is 0 Å². The van der Waals surface area contributed by atoms with E-state index in [4.69, 9.17) is 11.6 Å². The Hall–Kier alpha value is -2.51. The van der Waals surface area contributed by atoms with Crippen molar-refractivity contribution in [1.82, 2.24) is 25.2 Å². The van der Waals surface area contributed by atoms with E-state index in [1.807, 2.05) is 0 Å². The zero-order valence-corrected chi connectivity index (χ0v) is 14.7. The van der Waals surface area contributed by atoms with Crippen molar-refractivity contribution in [2.45, 2.75) is 6.54 Å². The fraction of sp³-hybridized carbons (Fsp3) is 0.278. The molecule has 1 aliphatic heterocycles. The number of amides is 1. The zero-order chi connectivity index (χ0) is 18.1. The van der Waals surface area contributed by atoms with E-state index in [9.17, 15) is 9.18 Å². The maximum atomic E-state index is 13.9. The van der Waals surface area contributed by atoms with Crippen LogP contribution >= 0.6 is 11.6 Å². The van der Waals surface area contributed by atoms with Gasteiger partial charge in [-0.2, -0.15) is 15.4 Å². The second kappa shape index (κ2) is 7.01. The number of benzene rings is 2. The van der Waals surface area contributed by atoms with Crippen LogP contribution in [0.3, 0.4) is 0 Å². The van der Waals surface area contributed by atoms with Gasteiger partial charge in [0, 0.05) is 48.9 Å². The van der Waals surface area contributed by atoms with Crippen molar-refractivity contribution in [1.29, 1.82) is 0 Å². The number of halogens is 2. The average molecular weight is 374 g/mol. The summed E-state index contributed by atoms with van der Waals surface area (Å²) in [4.78, 5) is 16.6. The monoisotopic (exact) mass is 373 g/mol. The third kappa shape index (κ3) is 3.27. The second-order valence-corrected chi connectivity index (χ2v) is 6.70. The van der Waals surface area contributed by atoms with Gasteiger partial charge in [0.15, 0.2) is 0 Å². The van der Waals surface area contributed by atoms with Crippen LogP contribution in [0.1, 0.15) is 15.9 Å². The minimum absolute atomic E-state index is 0.0292. The number of aromatic nitrogens is 3. The smallest absolute Gasteiger partial charge is 0.254 e. The van der Waals surface area contributed by atoms with E-state index >= 15 is 0 Å². The molecule has 0 saturated carbocycles. The molecule has 4 rings (SSSR count). The summed E-state index contributed by atoms with van der Waals surface area (Å²) in [6.45, 7) is 2.95. The SMILES string of the molecule is O=C(c1ccc2n[nH]nc2c1)N1CCN(Cc2c(F)cccc2Cl)CC1. The Morgan fingerprint density at radius 3 is 2.65 bits per heavy atom. The third-order valence-corrected chi connectivity index (χ3v) is 5.02. The molecule has 0 bridgehead atoms. The summed E-state index contributed by atoms with van der Waals surface area (Å²) in [5, 5.41) is 11.0. The molecule has 1 aliphatic rings. The number of carbonyl (C=O) groups is 1. The van der Waals surface area contributed by atoms with Crippen molar-refractivity contribution < 1.29 is 9.18 Å². The topological polar surface area (TPSA) is 65.1 Å². The molecule has 6 nitrogen and oxygen atoms in total. The number of hydrogen-bond acceptors (Lipinski definition) is 4. The summed E-state index contributed by atoms with van der Waals surface area (Å²) >= 11 is 6.10. The largest absolute Gasteiger partial charge is 0.336 e. The molecule has 1 aromatic heterocycles. The number of nitrogens with zero attached hydrogens (tertiary/aromatic N) is 4. The lowest BCUT2D eigenvalue weighted by molar-refractivity contribution is 0.0627. The highest BCUT2D eigenvalue weighted by atomic mass is 35.5. The predicted octanol–water partition coefficient (Wildman–Crippen LogP) is 2.71. The number of hydrogen-bond donors (Lipinski definition) is 1. The van der Waals surface area contributed by atoms with Gasteiger partial charge >= 0.3 is 0 Å². The normalized spacial score (nSPS) is 15.5. The molecule has 2 heterocycles. The summed E-state index contributed by atoms with van der Waals surface area (Å²) in [7, 11) is 0. The first-order valence-corrected chi connectivity index (χ1v) is 8.74. The first-order valence-electron chi connectivity index (χ1n) is 8.37. The Morgan fingerprint density at radius 1 is 1.12 bits per heavy atom. The highest BCUT2D eigenvalue weighted by Crippen LogP contribution is 2.22. The summed E-state index contributed by atoms with van der Waals surface area (Å²) in [5.74, 6) is -0.324. The van der Waals surface area contributed by atoms with Gasteiger partial charge < -0.3 is 4.90 Å². The van der Waals surface area contributed by atoms with E-state index in [-0.39, 0.29) is 11.7 Å². The van der Waals surface area contributed by atoms with E-state index in [1.165, 1.54) is 6.07 Å². The quantitative estimate of drug-likeness (QED) is 0.766. The van der Waals surface area contributed by atoms with Gasteiger partial charge in [-0.3, -0.25) is 9.69 Å². The molecule has 1 N–H and O–H groups in total. The van der Waals surface area contributed by atoms with Crippen molar-refractivity contribution in [3.8, 4) is 0 Å². The van der Waals surface area contributed by atoms with Crippen molar-refractivity contribution in [3.63, 3.8) is 0 Å². The molecular weight excluding hydrogens is 357 g/mol. The minimum atomic E-state index is -0.295. The van der Waals surface area contributed by atoms with Crippen molar-refractivity contribution in [2.75, 3.05) is 26.2 Å². The molecular formula is C18H17ClFN5O. The Kier molecular flexibility index (Phi) is 4.57. The van der Waals surface area contributed by atoms with Gasteiger partial charge in [0.05, 0.1) is 0 Å². The number of carbonyl (C=O) groups excluding carboxylic acids is 1. The lowest BCUT2D eigenvalue weighted by Crippen LogP contribution is -2.48. The van der Waals surface area contributed by atoms with E-state index in [0.717, 1.165) is 5.52 Å². The Balaban J connectivity index is 1.40. The summed E-state index contributed by atoms with van der Waals surface area (Å²) in [6, 6.07) is 10.00. The number of fused-ring (bicyclic) bond motifs is 1. The van der Waals surface area contributed by atoms with Gasteiger partial charge in [0.2, 0.25) is 0 Å². The van der Waals surface area contributed by atoms with Crippen LogP contribution in [-0.2, 0) is 6.54 Å². The van der Waals surface area contributed by atoms with Crippen LogP contribution in [0.2, 0.25) is 5.02 Å². The maximum Gasteiger partial charge on any atom is 0.254 e. The first kappa shape index (κ1) is 16.9. The van der Waals surface area contributed by atoms with E-state index in [1.54, 1.807) is 35.2 Å². The van der Waals surface area contributed by atoms with Gasteiger partial charge in [-0.15, -0.1) is 0 Å². The minimum Gasteiger partial charge on any atom is -0.336 e. The third-order valence-electron chi connectivity index (χ3n) is 4.67. The molecule has 134 valence electrons. The maximum absolute atomic E-state index is 13.9. The van der Waals surface area contributed by atoms with Gasteiger partial charge in [-0.1, -0.05) is 17.7 Å². The number of H-pyrrole nitrogens is 1. The second-order valence-electron chi connectivity index (χ2n) is 6.30. The van der Waals surface area contributed by atoms with Crippen LogP contribution < -0.4 is 0 Å². The van der Waals surface area contributed by atoms with E-state index in [2.05, 4.69) is 20.3 Å². The molecule has 26 heavy (non-hydrogen) atoms. The Bertz CT molecular complexity index is 931. The highest BCUT2D eigenvalue weighted by Gasteiger charge is 2.23. The molecule has 1 amide bonds. The van der Waals surface area contributed by atoms with Crippen molar-refractivity contribution in [2.24, 2.45) is 0 Å². The van der Waals surface area contributed by atoms with Crippen LogP contribution in [0.15, 0.2) is 36.4 Å². The van der Waals surface area contributed by atoms with Crippen LogP contribution in [-0.4, -0.2) is 57.3 Å². The molecule has 1 fully saturated rings. The van der Waals surface area contributed by atoms with Crippen LogP contribution in [0.4, 0.5) is 4.39 Å². The number of piperazine rings is 1. The Labute approximate surface area is 154 Å². The lowest BCUT2D eigenvalue weighted by Gasteiger charge is -2.35. The van der Waals surface area contributed by atoms with Gasteiger partial charge in [-0.05, 0) is 30.3 Å². The van der Waals surface area contributed by atoms with Crippen LogP contribution in [0, 0.1) is 5.82 Å². The predicted molar refractivity (Wildman–Crippen MR) is 96.5 cm³/mol. The molecule has 0 atom stereocenters. The molecule has 3 aromatic rings. The zero-order valence-electron chi connectivity index (χ0n) is 14.0. The molecule has 1 saturated heterocycles. The molecule has 0 spiro atoms. The summed E-state index contributed by atoms with van der Waals surface area (Å²) < 4.78 is 13.9. The fourth-order valence-corrected chi connectivity index (χ4v) is 3.39. The molecule has 0 unspecified atom stereocenters. The standard InChI is InChI=1S/C18H17ClFN5O/c19-14-2-1-3-15(20)13(14)11-24-6-8-25(9-7-24)18(26)12-4-5-16-17(10-12)22-23-21-16/h1-5,10H,6-9,11H2,(H,21,22,23). The van der Waals surface area contributed by atoms with Crippen molar-refractivity contribution in [3.05, 3.63) is 58.4 Å². The van der Waals surface area contributed by atoms with Crippen molar-refractivity contribution >= 4 is 28.5 Å². The lowest BCUT2D eigenvalue weighted by atomic mass is 10.1. The molecule has 0 aliphatic carbocycles. The summed E-state index contributed by atoms with van der Waals surface area (Å²) in [6.07, 6.45) is 0.